The molecule has 0 saturated carbocycles. The van der Waals surface area contributed by atoms with Crippen molar-refractivity contribution < 1.29 is 14.4 Å². The van der Waals surface area contributed by atoms with Crippen LogP contribution in [0.25, 0.3) is 0 Å². The molecule has 0 radical (unpaired) electrons. The number of piperazine rings is 1. The van der Waals surface area contributed by atoms with Crippen LogP contribution in [0.4, 0.5) is 0 Å². The van der Waals surface area contributed by atoms with Gasteiger partial charge in [-0.25, -0.2) is 0 Å². The average molecular weight is 266 g/mol. The van der Waals surface area contributed by atoms with Gasteiger partial charge in [-0.3, -0.25) is 4.79 Å². The van der Waals surface area contributed by atoms with Gasteiger partial charge in [0.05, 0.1) is 19.5 Å². The number of rotatable bonds is 5. The lowest BCUT2D eigenvalue weighted by Gasteiger charge is -2.23. The third-order valence-corrected chi connectivity index (χ3v) is 2.72. The van der Waals surface area contributed by atoms with Gasteiger partial charge < -0.3 is 15.0 Å². The summed E-state index contributed by atoms with van der Waals surface area (Å²) in [6, 6.07) is 0. The fourth-order valence-electron chi connectivity index (χ4n) is 1.49. The lowest BCUT2D eigenvalue weighted by Crippen LogP contribution is -3.15. The normalized spacial score (nSPS) is 18.1. The molecule has 0 aromatic rings. The number of hydrogen-bond donors (Lipinski definition) is 2. The first kappa shape index (κ1) is 11.9. The first-order valence-electron chi connectivity index (χ1n) is 5.09. The Morgan fingerprint density at radius 1 is 1.43 bits per heavy atom. The number of carbonyl (C=O) groups is 1. The van der Waals surface area contributed by atoms with E-state index in [1.165, 1.54) is 4.90 Å². The minimum atomic E-state index is -0.101. The molecule has 0 spiro atoms. The molecule has 5 heteroatoms. The monoisotopic (exact) mass is 265 g/mol. The average Bonchev–Trinajstić information content (AvgIpc) is 2.20. The van der Waals surface area contributed by atoms with Gasteiger partial charge in [-0.15, -0.1) is 0 Å². The maximum atomic E-state index is 11.0. The van der Waals surface area contributed by atoms with Crippen LogP contribution in [-0.4, -0.2) is 50.6 Å². The first-order valence-corrected chi connectivity index (χ1v) is 6.21. The Morgan fingerprint density at radius 3 is 2.79 bits per heavy atom. The van der Waals surface area contributed by atoms with Crippen molar-refractivity contribution in [2.75, 3.05) is 44.7 Å². The predicted octanol–water partition coefficient (Wildman–Crippen LogP) is -1.20. The van der Waals surface area contributed by atoms with Gasteiger partial charge in [0.2, 0.25) is 0 Å². The number of carbonyl (C=O) groups excluding carboxylic acids is 1. The largest absolute Gasteiger partial charge is 0.460 e. The van der Waals surface area contributed by atoms with E-state index in [0.29, 0.717) is 18.4 Å². The van der Waals surface area contributed by atoms with Crippen molar-refractivity contribution in [3.63, 3.8) is 0 Å². The first-order chi connectivity index (χ1) is 6.83. The molecule has 1 saturated heterocycles. The second-order valence-corrected chi connectivity index (χ2v) is 4.20. The van der Waals surface area contributed by atoms with Crippen LogP contribution in [0.2, 0.25) is 0 Å². The maximum absolute atomic E-state index is 11.0. The molecule has 1 heterocycles. The Kier molecular flexibility index (Phi) is 6.14. The second kappa shape index (κ2) is 7.20. The van der Waals surface area contributed by atoms with E-state index in [2.05, 4.69) is 21.2 Å². The summed E-state index contributed by atoms with van der Waals surface area (Å²) in [4.78, 5) is 12.5. The summed E-state index contributed by atoms with van der Waals surface area (Å²) >= 11 is 3.20. The molecule has 2 N–H and O–H groups in total. The van der Waals surface area contributed by atoms with Crippen molar-refractivity contribution in [2.24, 2.45) is 0 Å². The minimum absolute atomic E-state index is 0.101. The number of alkyl halides is 1. The van der Waals surface area contributed by atoms with Crippen LogP contribution < -0.4 is 10.2 Å². The highest BCUT2D eigenvalue weighted by atomic mass is 79.9. The minimum Gasteiger partial charge on any atom is -0.460 e. The van der Waals surface area contributed by atoms with Crippen molar-refractivity contribution in [1.29, 1.82) is 0 Å². The zero-order valence-corrected chi connectivity index (χ0v) is 9.94. The number of nitrogens with one attached hydrogen (secondary N) is 2. The van der Waals surface area contributed by atoms with Crippen LogP contribution in [0, 0.1) is 0 Å². The van der Waals surface area contributed by atoms with Crippen LogP contribution in [0.15, 0.2) is 0 Å². The predicted molar refractivity (Wildman–Crippen MR) is 57.8 cm³/mol. The summed E-state index contributed by atoms with van der Waals surface area (Å²) in [5, 5.41) is 3.99. The van der Waals surface area contributed by atoms with Gasteiger partial charge in [-0.2, -0.15) is 0 Å². The highest BCUT2D eigenvalue weighted by Gasteiger charge is 2.12. The summed E-state index contributed by atoms with van der Waals surface area (Å²) in [6.07, 6.45) is 0.469. The van der Waals surface area contributed by atoms with Crippen molar-refractivity contribution in [2.45, 2.75) is 6.42 Å². The quantitative estimate of drug-likeness (QED) is 0.485. The fraction of sp³-hybridized carbons (Fsp3) is 0.889. The second-order valence-electron chi connectivity index (χ2n) is 3.41. The molecular formula is C9H18BrN2O2+. The Bertz CT molecular complexity index is 172. The molecule has 4 nitrogen and oxygen atoms in total. The van der Waals surface area contributed by atoms with Gasteiger partial charge in [0, 0.05) is 18.4 Å². The summed E-state index contributed by atoms with van der Waals surface area (Å²) < 4.78 is 5.07. The molecule has 0 bridgehead atoms. The number of esters is 1. The molecular weight excluding hydrogens is 248 g/mol. The molecule has 0 amide bonds. The molecule has 0 unspecified atom stereocenters. The summed E-state index contributed by atoms with van der Waals surface area (Å²) in [6.45, 7) is 5.91. The van der Waals surface area contributed by atoms with E-state index in [1.54, 1.807) is 0 Å². The van der Waals surface area contributed by atoms with Crippen molar-refractivity contribution in [3.05, 3.63) is 0 Å². The highest BCUT2D eigenvalue weighted by molar-refractivity contribution is 9.09. The molecule has 82 valence electrons. The highest BCUT2D eigenvalue weighted by Crippen LogP contribution is 1.90. The lowest BCUT2D eigenvalue weighted by atomic mass is 10.3. The van der Waals surface area contributed by atoms with Crippen LogP contribution in [-0.2, 0) is 9.53 Å². The van der Waals surface area contributed by atoms with E-state index >= 15 is 0 Å². The van der Waals surface area contributed by atoms with Crippen LogP contribution in [0.3, 0.4) is 0 Å². The van der Waals surface area contributed by atoms with Gasteiger partial charge in [0.25, 0.3) is 0 Å². The molecule has 1 aliphatic heterocycles. The third kappa shape index (κ3) is 4.93. The van der Waals surface area contributed by atoms with Gasteiger partial charge in [0.15, 0.2) is 0 Å². The van der Waals surface area contributed by atoms with Gasteiger partial charge in [-0.05, 0) is 0 Å². The van der Waals surface area contributed by atoms with Crippen LogP contribution in [0.1, 0.15) is 6.42 Å². The van der Waals surface area contributed by atoms with E-state index in [1.807, 2.05) is 0 Å². The Balaban J connectivity index is 1.99. The maximum Gasteiger partial charge on any atom is 0.306 e. The molecule has 14 heavy (non-hydrogen) atoms. The van der Waals surface area contributed by atoms with Crippen molar-refractivity contribution >= 4 is 21.9 Å². The van der Waals surface area contributed by atoms with Crippen molar-refractivity contribution in [1.82, 2.24) is 5.32 Å². The van der Waals surface area contributed by atoms with Gasteiger partial charge in [0.1, 0.15) is 13.2 Å². The lowest BCUT2D eigenvalue weighted by molar-refractivity contribution is -0.902. The summed E-state index contributed by atoms with van der Waals surface area (Å²) in [5.74, 6) is -0.101. The number of halogens is 1. The Morgan fingerprint density at radius 2 is 2.14 bits per heavy atom. The molecule has 0 aliphatic carbocycles. The standard InChI is InChI=1S/C9H17BrN2O2/c10-2-1-9(13)14-8-7-12-5-3-11-4-6-12/h11H,1-8H2/p+1. The number of quaternary nitrogens is 1. The topological polar surface area (TPSA) is 42.8 Å². The summed E-state index contributed by atoms with van der Waals surface area (Å²) in [5.41, 5.74) is 0. The zero-order valence-electron chi connectivity index (χ0n) is 8.35. The third-order valence-electron chi connectivity index (χ3n) is 2.33. The smallest absolute Gasteiger partial charge is 0.306 e. The molecule has 1 aliphatic rings. The van der Waals surface area contributed by atoms with E-state index in [-0.39, 0.29) is 5.97 Å². The van der Waals surface area contributed by atoms with Gasteiger partial charge in [-0.1, -0.05) is 15.9 Å². The van der Waals surface area contributed by atoms with E-state index in [0.717, 1.165) is 32.7 Å². The van der Waals surface area contributed by atoms with Gasteiger partial charge >= 0.3 is 5.97 Å². The molecule has 0 atom stereocenters. The molecule has 0 aromatic carbocycles. The fourth-order valence-corrected chi connectivity index (χ4v) is 1.81. The zero-order chi connectivity index (χ0) is 10.2. The van der Waals surface area contributed by atoms with E-state index in [4.69, 9.17) is 4.74 Å². The number of ether oxygens (including phenoxy) is 1. The SMILES string of the molecule is O=C(CCBr)OCC[NH+]1CCNCC1. The Labute approximate surface area is 93.1 Å². The molecule has 1 rings (SSSR count). The Hall–Kier alpha value is -0.130. The van der Waals surface area contributed by atoms with E-state index < -0.39 is 0 Å². The van der Waals surface area contributed by atoms with Crippen molar-refractivity contribution in [3.8, 4) is 0 Å². The van der Waals surface area contributed by atoms with Crippen LogP contribution in [0.5, 0.6) is 0 Å². The number of hydrogen-bond acceptors (Lipinski definition) is 3. The molecule has 0 aromatic heterocycles. The molecule has 1 fully saturated rings. The summed E-state index contributed by atoms with van der Waals surface area (Å²) in [7, 11) is 0. The van der Waals surface area contributed by atoms with E-state index in [9.17, 15) is 4.79 Å². The van der Waals surface area contributed by atoms with Crippen LogP contribution >= 0.6 is 15.9 Å².